The zero-order valence-corrected chi connectivity index (χ0v) is 23.4. The van der Waals surface area contributed by atoms with Gasteiger partial charge in [-0.1, -0.05) is 13.0 Å². The van der Waals surface area contributed by atoms with Crippen molar-refractivity contribution in [1.29, 1.82) is 0 Å². The number of ether oxygens (including phenoxy) is 1. The Bertz CT molecular complexity index is 1190. The number of likely N-dealkylation sites (tertiary alicyclic amines) is 2. The van der Waals surface area contributed by atoms with E-state index < -0.39 is 24.3 Å². The predicted molar refractivity (Wildman–Crippen MR) is 139 cm³/mol. The second kappa shape index (κ2) is 15.1. The van der Waals surface area contributed by atoms with Crippen LogP contribution in [0.4, 0.5) is 26.3 Å². The summed E-state index contributed by atoms with van der Waals surface area (Å²) in [7, 11) is 2.17. The molecule has 4 heterocycles. The highest BCUT2D eigenvalue weighted by Crippen LogP contribution is 2.44. The van der Waals surface area contributed by atoms with Crippen LogP contribution in [0.2, 0.25) is 0 Å². The number of amides is 1. The normalized spacial score (nSPS) is 20.2. The minimum atomic E-state index is -5.08. The highest BCUT2D eigenvalue weighted by atomic mass is 19.4. The second-order valence-corrected chi connectivity index (χ2v) is 10.1. The van der Waals surface area contributed by atoms with Crippen molar-refractivity contribution in [2.24, 2.45) is 11.3 Å². The molecule has 2 saturated heterocycles. The molecule has 0 aromatic carbocycles. The first-order valence-electron chi connectivity index (χ1n) is 13.0. The molecule has 1 spiro atoms. The van der Waals surface area contributed by atoms with Gasteiger partial charge in [0.25, 0.3) is 5.91 Å². The van der Waals surface area contributed by atoms with Crippen molar-refractivity contribution in [3.05, 3.63) is 59.7 Å². The number of rotatable bonds is 6. The Labute approximate surface area is 243 Å². The van der Waals surface area contributed by atoms with Crippen LogP contribution in [0.15, 0.2) is 42.9 Å². The average molecular weight is 623 g/mol. The smallest absolute Gasteiger partial charge is 0.475 e. The maximum Gasteiger partial charge on any atom is 0.490 e. The number of carboxylic acid groups (broad SMARTS) is 2. The van der Waals surface area contributed by atoms with Crippen LogP contribution in [-0.2, 0) is 27.4 Å². The number of carbonyl (C=O) groups excluding carboxylic acids is 1. The van der Waals surface area contributed by atoms with Crippen LogP contribution >= 0.6 is 0 Å². The second-order valence-electron chi connectivity index (χ2n) is 10.1. The van der Waals surface area contributed by atoms with Crippen LogP contribution in [0.25, 0.3) is 0 Å². The van der Waals surface area contributed by atoms with Crippen molar-refractivity contribution in [2.75, 3.05) is 39.8 Å². The molecule has 238 valence electrons. The molecule has 4 rings (SSSR count). The van der Waals surface area contributed by atoms with Gasteiger partial charge in [-0.3, -0.25) is 14.8 Å². The number of carbonyl (C=O) groups is 3. The quantitative estimate of drug-likeness (QED) is 0.460. The molecular formula is C27H32F6N4O6. The average Bonchev–Trinajstić information content (AvgIpc) is 3.50. The van der Waals surface area contributed by atoms with Gasteiger partial charge in [-0.05, 0) is 43.7 Å². The molecule has 2 N–H and O–H groups in total. The van der Waals surface area contributed by atoms with Crippen molar-refractivity contribution in [1.82, 2.24) is 19.8 Å². The van der Waals surface area contributed by atoms with E-state index >= 15 is 0 Å². The summed E-state index contributed by atoms with van der Waals surface area (Å²) in [6.07, 6.45) is -2.90. The number of pyridine rings is 2. The van der Waals surface area contributed by atoms with E-state index in [1.54, 1.807) is 12.4 Å². The van der Waals surface area contributed by atoms with Crippen molar-refractivity contribution in [3.8, 4) is 0 Å². The number of nitrogens with zero attached hydrogens (tertiary/aromatic N) is 4. The fraction of sp³-hybridized carbons (Fsp3) is 0.519. The Morgan fingerprint density at radius 2 is 1.65 bits per heavy atom. The Kier molecular flexibility index (Phi) is 12.4. The number of alkyl halides is 6. The van der Waals surface area contributed by atoms with Gasteiger partial charge in [-0.2, -0.15) is 26.3 Å². The number of halogens is 6. The first-order valence-corrected chi connectivity index (χ1v) is 13.0. The lowest BCUT2D eigenvalue weighted by atomic mass is 9.77. The van der Waals surface area contributed by atoms with Gasteiger partial charge in [-0.25, -0.2) is 9.59 Å². The summed E-state index contributed by atoms with van der Waals surface area (Å²) in [5.41, 5.74) is 2.92. The summed E-state index contributed by atoms with van der Waals surface area (Å²) in [5, 5.41) is 14.2. The zero-order chi connectivity index (χ0) is 32.4. The summed E-state index contributed by atoms with van der Waals surface area (Å²) in [6, 6.07) is 7.84. The number of aryl methyl sites for hydroxylation is 1. The van der Waals surface area contributed by atoms with E-state index in [9.17, 15) is 31.1 Å². The van der Waals surface area contributed by atoms with Gasteiger partial charge in [0.05, 0.1) is 18.8 Å². The number of carboxylic acids is 2. The third-order valence-electron chi connectivity index (χ3n) is 6.88. The molecule has 2 aliphatic heterocycles. The standard InChI is InChI=1S/C23H30N4O2.2C2HF3O2/c1-3-21-7-6-19(12-25-21)22(28)27-10-8-23(17-27)16-26(2)13-20(23)15-29-14-18-5-4-9-24-11-18;2*3-2(4,5)1(6)7/h4-7,9,11-12,20H,3,8,10,13-17H2,1-2H3;2*(H,6,7)/t20-,23+;;/m0../s1. The highest BCUT2D eigenvalue weighted by molar-refractivity contribution is 5.94. The predicted octanol–water partition coefficient (Wildman–Crippen LogP) is 3.92. The lowest BCUT2D eigenvalue weighted by molar-refractivity contribution is -0.193. The molecule has 0 unspecified atom stereocenters. The van der Waals surface area contributed by atoms with Crippen LogP contribution in [0, 0.1) is 11.3 Å². The van der Waals surface area contributed by atoms with Crippen molar-refractivity contribution < 1.29 is 55.7 Å². The summed E-state index contributed by atoms with van der Waals surface area (Å²) < 4.78 is 69.5. The summed E-state index contributed by atoms with van der Waals surface area (Å²) >= 11 is 0. The molecular weight excluding hydrogens is 590 g/mol. The molecule has 0 saturated carbocycles. The van der Waals surface area contributed by atoms with E-state index in [4.69, 9.17) is 24.5 Å². The van der Waals surface area contributed by atoms with Gasteiger partial charge in [0.2, 0.25) is 0 Å². The third kappa shape index (κ3) is 10.8. The number of hydrogen-bond acceptors (Lipinski definition) is 7. The van der Waals surface area contributed by atoms with E-state index in [1.165, 1.54) is 0 Å². The van der Waals surface area contributed by atoms with E-state index in [1.807, 2.05) is 35.4 Å². The molecule has 2 aromatic rings. The topological polar surface area (TPSA) is 133 Å². The largest absolute Gasteiger partial charge is 0.490 e. The van der Waals surface area contributed by atoms with E-state index in [0.717, 1.165) is 50.3 Å². The Morgan fingerprint density at radius 3 is 2.14 bits per heavy atom. The summed E-state index contributed by atoms with van der Waals surface area (Å²) in [5.74, 6) is -4.98. The molecule has 2 atom stereocenters. The molecule has 2 aliphatic rings. The lowest BCUT2D eigenvalue weighted by Crippen LogP contribution is -2.38. The third-order valence-corrected chi connectivity index (χ3v) is 6.88. The van der Waals surface area contributed by atoms with E-state index in [-0.39, 0.29) is 11.3 Å². The minimum absolute atomic E-state index is 0.0987. The van der Waals surface area contributed by atoms with Crippen LogP contribution in [0.3, 0.4) is 0 Å². The van der Waals surface area contributed by atoms with Crippen LogP contribution < -0.4 is 0 Å². The molecule has 10 nitrogen and oxygen atoms in total. The number of hydrogen-bond donors (Lipinski definition) is 2. The van der Waals surface area contributed by atoms with Crippen molar-refractivity contribution in [3.63, 3.8) is 0 Å². The van der Waals surface area contributed by atoms with Crippen LogP contribution in [0.1, 0.15) is 35.0 Å². The Morgan fingerprint density at radius 1 is 1.02 bits per heavy atom. The van der Waals surface area contributed by atoms with Gasteiger partial charge in [0, 0.05) is 61.8 Å². The molecule has 0 bridgehead atoms. The van der Waals surface area contributed by atoms with Crippen molar-refractivity contribution in [2.45, 2.75) is 38.7 Å². The van der Waals surface area contributed by atoms with Crippen LogP contribution in [-0.4, -0.2) is 100 Å². The first-order chi connectivity index (χ1) is 20.0. The lowest BCUT2D eigenvalue weighted by Gasteiger charge is -2.30. The van der Waals surface area contributed by atoms with Crippen LogP contribution in [0.5, 0.6) is 0 Å². The fourth-order valence-corrected chi connectivity index (χ4v) is 4.81. The molecule has 2 aromatic heterocycles. The molecule has 0 radical (unpaired) electrons. The monoisotopic (exact) mass is 622 g/mol. The van der Waals surface area contributed by atoms with Gasteiger partial charge in [0.1, 0.15) is 0 Å². The Balaban J connectivity index is 0.000000384. The van der Waals surface area contributed by atoms with Gasteiger partial charge < -0.3 is 24.7 Å². The molecule has 1 amide bonds. The zero-order valence-electron chi connectivity index (χ0n) is 23.4. The maximum absolute atomic E-state index is 13.0. The molecule has 2 fully saturated rings. The van der Waals surface area contributed by atoms with Gasteiger partial charge in [-0.15, -0.1) is 0 Å². The number of aromatic nitrogens is 2. The summed E-state index contributed by atoms with van der Waals surface area (Å²) in [6.45, 7) is 7.01. The molecule has 43 heavy (non-hydrogen) atoms. The van der Waals surface area contributed by atoms with Gasteiger partial charge in [0.15, 0.2) is 0 Å². The first kappa shape index (κ1) is 35.4. The highest BCUT2D eigenvalue weighted by Gasteiger charge is 2.50. The molecule has 0 aliphatic carbocycles. The van der Waals surface area contributed by atoms with Crippen molar-refractivity contribution >= 4 is 17.8 Å². The fourth-order valence-electron chi connectivity index (χ4n) is 4.81. The Hall–Kier alpha value is -3.79. The maximum atomic E-state index is 13.0. The number of aliphatic carboxylic acids is 2. The summed E-state index contributed by atoms with van der Waals surface area (Å²) in [4.78, 5) is 43.7. The minimum Gasteiger partial charge on any atom is -0.475 e. The van der Waals surface area contributed by atoms with E-state index in [2.05, 4.69) is 28.8 Å². The van der Waals surface area contributed by atoms with E-state index in [0.29, 0.717) is 24.7 Å². The SMILES string of the molecule is CCc1ccc(C(=O)N2CC[C@@]3(CN(C)C[C@H]3COCc3cccnc3)C2)cn1.O=C(O)C(F)(F)F.O=C(O)C(F)(F)F. The van der Waals surface area contributed by atoms with Gasteiger partial charge >= 0.3 is 24.3 Å². The molecule has 16 heteroatoms.